The molecule has 2 atom stereocenters. The number of likely N-dealkylation sites (tertiary alicyclic amines) is 1. The molecule has 0 radical (unpaired) electrons. The quantitative estimate of drug-likeness (QED) is 0.728. The van der Waals surface area contributed by atoms with E-state index in [2.05, 4.69) is 16.8 Å². The van der Waals surface area contributed by atoms with E-state index in [0.717, 1.165) is 25.7 Å². The molecule has 0 aromatic carbocycles. The topological polar surface area (TPSA) is 41.7 Å². The van der Waals surface area contributed by atoms with Gasteiger partial charge in [0.1, 0.15) is 0 Å². The van der Waals surface area contributed by atoms with E-state index in [-0.39, 0.29) is 12.1 Å². The molecule has 4 nitrogen and oxygen atoms in total. The molecule has 0 aliphatic carbocycles. The Bertz CT molecular complexity index is 214. The normalized spacial score (nSPS) is 32.8. The molecule has 0 spiro atoms. The molecule has 2 fully saturated rings. The second-order valence-corrected chi connectivity index (χ2v) is 5.30. The van der Waals surface area contributed by atoms with Crippen LogP contribution in [-0.4, -0.2) is 67.8 Å². The number of piperidine rings is 1. The fourth-order valence-corrected chi connectivity index (χ4v) is 2.71. The number of rotatable bonds is 2. The molecule has 0 amide bonds. The highest BCUT2D eigenvalue weighted by molar-refractivity contribution is 4.84. The second kappa shape index (κ2) is 5.45. The van der Waals surface area contributed by atoms with Gasteiger partial charge in [0.05, 0.1) is 12.7 Å². The minimum Gasteiger partial charge on any atom is -0.374 e. The zero-order chi connectivity index (χ0) is 11.5. The summed E-state index contributed by atoms with van der Waals surface area (Å²) in [5.41, 5.74) is 5.92. The Kier molecular flexibility index (Phi) is 4.19. The lowest BCUT2D eigenvalue weighted by atomic mass is 10.0. The summed E-state index contributed by atoms with van der Waals surface area (Å²) in [6.45, 7) is 7.45. The first kappa shape index (κ1) is 12.3. The van der Waals surface area contributed by atoms with Gasteiger partial charge < -0.3 is 15.4 Å². The standard InChI is InChI=1S/C12H25N3O/c1-10(13)12-9-15(7-8-16-12)11-3-5-14(2)6-4-11/h10-12H,3-9,13H2,1-2H3. The molecular weight excluding hydrogens is 202 g/mol. The summed E-state index contributed by atoms with van der Waals surface area (Å²) in [4.78, 5) is 5.00. The van der Waals surface area contributed by atoms with Crippen LogP contribution in [0.4, 0.5) is 0 Å². The lowest BCUT2D eigenvalue weighted by molar-refractivity contribution is -0.0584. The minimum absolute atomic E-state index is 0.147. The van der Waals surface area contributed by atoms with E-state index in [1.54, 1.807) is 0 Å². The van der Waals surface area contributed by atoms with Crippen molar-refractivity contribution >= 4 is 0 Å². The maximum absolute atomic E-state index is 5.92. The van der Waals surface area contributed by atoms with Crippen molar-refractivity contribution in [3.63, 3.8) is 0 Å². The average Bonchev–Trinajstić information content (AvgIpc) is 2.30. The van der Waals surface area contributed by atoms with Gasteiger partial charge in [-0.15, -0.1) is 0 Å². The highest BCUT2D eigenvalue weighted by Gasteiger charge is 2.29. The number of nitrogens with zero attached hydrogens (tertiary/aromatic N) is 2. The van der Waals surface area contributed by atoms with Crippen molar-refractivity contribution in [1.29, 1.82) is 0 Å². The molecule has 0 aromatic rings. The van der Waals surface area contributed by atoms with Crippen molar-refractivity contribution in [3.05, 3.63) is 0 Å². The van der Waals surface area contributed by atoms with Gasteiger partial charge in [-0.05, 0) is 39.9 Å². The van der Waals surface area contributed by atoms with Gasteiger partial charge in [-0.2, -0.15) is 0 Å². The molecule has 0 aromatic heterocycles. The van der Waals surface area contributed by atoms with Crippen LogP contribution in [-0.2, 0) is 4.74 Å². The molecule has 2 unspecified atom stereocenters. The molecule has 2 N–H and O–H groups in total. The summed E-state index contributed by atoms with van der Waals surface area (Å²) in [6, 6.07) is 0.899. The Labute approximate surface area is 98.7 Å². The third kappa shape index (κ3) is 2.94. The van der Waals surface area contributed by atoms with Gasteiger partial charge in [-0.25, -0.2) is 0 Å². The molecule has 94 valence electrons. The van der Waals surface area contributed by atoms with Crippen LogP contribution in [0.2, 0.25) is 0 Å². The maximum Gasteiger partial charge on any atom is 0.0850 e. The Balaban J connectivity index is 1.84. The van der Waals surface area contributed by atoms with Gasteiger partial charge in [-0.1, -0.05) is 0 Å². The van der Waals surface area contributed by atoms with Crippen LogP contribution in [0, 0.1) is 0 Å². The first-order valence-corrected chi connectivity index (χ1v) is 6.46. The molecule has 0 bridgehead atoms. The Hall–Kier alpha value is -0.160. The lowest BCUT2D eigenvalue weighted by Gasteiger charge is -2.42. The Morgan fingerprint density at radius 1 is 1.25 bits per heavy atom. The minimum atomic E-state index is 0.147. The van der Waals surface area contributed by atoms with E-state index in [4.69, 9.17) is 10.5 Å². The Morgan fingerprint density at radius 2 is 1.94 bits per heavy atom. The Morgan fingerprint density at radius 3 is 2.56 bits per heavy atom. The number of hydrogen-bond acceptors (Lipinski definition) is 4. The molecule has 0 saturated carbocycles. The van der Waals surface area contributed by atoms with Crippen LogP contribution in [0.15, 0.2) is 0 Å². The van der Waals surface area contributed by atoms with Gasteiger partial charge in [0.25, 0.3) is 0 Å². The average molecular weight is 227 g/mol. The maximum atomic E-state index is 5.92. The highest BCUT2D eigenvalue weighted by Crippen LogP contribution is 2.19. The van der Waals surface area contributed by atoms with Crippen molar-refractivity contribution < 1.29 is 4.74 Å². The highest BCUT2D eigenvalue weighted by atomic mass is 16.5. The summed E-state index contributed by atoms with van der Waals surface area (Å²) in [5, 5.41) is 0. The molecule has 2 aliphatic heterocycles. The van der Waals surface area contributed by atoms with Crippen molar-refractivity contribution in [3.8, 4) is 0 Å². The summed E-state index contributed by atoms with van der Waals surface area (Å²) in [5.74, 6) is 0. The van der Waals surface area contributed by atoms with Gasteiger partial charge in [-0.3, -0.25) is 4.90 Å². The van der Waals surface area contributed by atoms with E-state index in [0.29, 0.717) is 0 Å². The van der Waals surface area contributed by atoms with Crippen LogP contribution in [0.5, 0.6) is 0 Å². The smallest absolute Gasteiger partial charge is 0.0850 e. The fraction of sp³-hybridized carbons (Fsp3) is 1.00. The van der Waals surface area contributed by atoms with Crippen LogP contribution in [0.25, 0.3) is 0 Å². The first-order chi connectivity index (χ1) is 7.66. The van der Waals surface area contributed by atoms with E-state index in [1.165, 1.54) is 25.9 Å². The van der Waals surface area contributed by atoms with Crippen molar-refractivity contribution in [2.75, 3.05) is 39.8 Å². The molecule has 2 saturated heterocycles. The van der Waals surface area contributed by atoms with E-state index in [1.807, 2.05) is 6.92 Å². The van der Waals surface area contributed by atoms with Crippen LogP contribution >= 0.6 is 0 Å². The number of ether oxygens (including phenoxy) is 1. The van der Waals surface area contributed by atoms with E-state index >= 15 is 0 Å². The van der Waals surface area contributed by atoms with Crippen LogP contribution in [0.1, 0.15) is 19.8 Å². The van der Waals surface area contributed by atoms with Crippen molar-refractivity contribution in [2.24, 2.45) is 5.73 Å². The molecule has 2 rings (SSSR count). The van der Waals surface area contributed by atoms with E-state index < -0.39 is 0 Å². The predicted octanol–water partition coefficient (Wildman–Crippen LogP) is 0.129. The predicted molar refractivity (Wildman–Crippen MR) is 65.5 cm³/mol. The summed E-state index contributed by atoms with van der Waals surface area (Å²) in [7, 11) is 2.21. The largest absolute Gasteiger partial charge is 0.374 e. The van der Waals surface area contributed by atoms with Gasteiger partial charge in [0.15, 0.2) is 0 Å². The lowest BCUT2D eigenvalue weighted by Crippen LogP contribution is -2.54. The van der Waals surface area contributed by atoms with Crippen molar-refractivity contribution in [2.45, 2.75) is 38.0 Å². The first-order valence-electron chi connectivity index (χ1n) is 6.46. The third-order valence-corrected chi connectivity index (χ3v) is 3.92. The van der Waals surface area contributed by atoms with E-state index in [9.17, 15) is 0 Å². The zero-order valence-corrected chi connectivity index (χ0v) is 10.6. The number of nitrogens with two attached hydrogens (primary N) is 1. The summed E-state index contributed by atoms with van der Waals surface area (Å²) < 4.78 is 5.70. The van der Waals surface area contributed by atoms with Gasteiger partial charge in [0.2, 0.25) is 0 Å². The van der Waals surface area contributed by atoms with Gasteiger partial charge >= 0.3 is 0 Å². The number of hydrogen-bond donors (Lipinski definition) is 1. The summed E-state index contributed by atoms with van der Waals surface area (Å²) >= 11 is 0. The molecule has 2 aliphatic rings. The molecular formula is C12H25N3O. The second-order valence-electron chi connectivity index (χ2n) is 5.30. The fourth-order valence-electron chi connectivity index (χ4n) is 2.71. The third-order valence-electron chi connectivity index (χ3n) is 3.92. The zero-order valence-electron chi connectivity index (χ0n) is 10.6. The molecule has 4 heteroatoms. The number of morpholine rings is 1. The monoisotopic (exact) mass is 227 g/mol. The SMILES string of the molecule is CC(N)C1CN(C2CCN(C)CC2)CCO1. The van der Waals surface area contributed by atoms with Crippen LogP contribution < -0.4 is 5.73 Å². The molecule has 2 heterocycles. The van der Waals surface area contributed by atoms with Gasteiger partial charge in [0, 0.05) is 25.2 Å². The molecule has 16 heavy (non-hydrogen) atoms. The summed E-state index contributed by atoms with van der Waals surface area (Å²) in [6.07, 6.45) is 2.82. The van der Waals surface area contributed by atoms with Crippen LogP contribution in [0.3, 0.4) is 0 Å². The van der Waals surface area contributed by atoms with Crippen molar-refractivity contribution in [1.82, 2.24) is 9.80 Å².